The SMILES string of the molecule is Cc1cc(NC(=O)C(CC(C)C)NC(N)=O)n[nH]1. The third kappa shape index (κ3) is 4.44. The van der Waals surface area contributed by atoms with E-state index in [1.165, 1.54) is 0 Å². The number of H-pyrrole nitrogens is 1. The average molecular weight is 253 g/mol. The number of hydrogen-bond acceptors (Lipinski definition) is 3. The van der Waals surface area contributed by atoms with Gasteiger partial charge < -0.3 is 16.4 Å². The van der Waals surface area contributed by atoms with E-state index >= 15 is 0 Å². The Bertz CT molecular complexity index is 427. The number of urea groups is 1. The first-order valence-electron chi connectivity index (χ1n) is 5.77. The Kier molecular flexibility index (Phi) is 4.70. The van der Waals surface area contributed by atoms with Crippen molar-refractivity contribution < 1.29 is 9.59 Å². The minimum atomic E-state index is -0.714. The van der Waals surface area contributed by atoms with Gasteiger partial charge >= 0.3 is 6.03 Å². The van der Waals surface area contributed by atoms with Crippen LogP contribution in [0.4, 0.5) is 10.6 Å². The van der Waals surface area contributed by atoms with Gasteiger partial charge in [-0.3, -0.25) is 9.89 Å². The van der Waals surface area contributed by atoms with Crippen molar-refractivity contribution in [3.05, 3.63) is 11.8 Å². The lowest BCUT2D eigenvalue weighted by Crippen LogP contribution is -2.46. The van der Waals surface area contributed by atoms with Crippen LogP contribution in [-0.4, -0.2) is 28.2 Å². The van der Waals surface area contributed by atoms with Crippen LogP contribution in [0.2, 0.25) is 0 Å². The molecule has 0 saturated heterocycles. The van der Waals surface area contributed by atoms with Gasteiger partial charge in [0.1, 0.15) is 6.04 Å². The number of aryl methyl sites for hydroxylation is 1. The van der Waals surface area contributed by atoms with Crippen molar-refractivity contribution in [1.29, 1.82) is 0 Å². The summed E-state index contributed by atoms with van der Waals surface area (Å²) in [5.74, 6) is 0.361. The van der Waals surface area contributed by atoms with E-state index in [1.54, 1.807) is 6.07 Å². The number of anilines is 1. The molecule has 7 nitrogen and oxygen atoms in total. The third-order valence-electron chi connectivity index (χ3n) is 2.30. The number of nitrogens with zero attached hydrogens (tertiary/aromatic N) is 1. The molecule has 1 heterocycles. The van der Waals surface area contributed by atoms with Crippen LogP contribution in [0.5, 0.6) is 0 Å². The molecule has 0 bridgehead atoms. The zero-order chi connectivity index (χ0) is 13.7. The van der Waals surface area contributed by atoms with Crippen LogP contribution in [0.3, 0.4) is 0 Å². The standard InChI is InChI=1S/C11H19N5O2/c1-6(2)4-8(13-11(12)18)10(17)14-9-5-7(3)15-16-9/h5-6,8H,4H2,1-3H3,(H3,12,13,18)(H2,14,15,16,17). The average Bonchev–Trinajstić information content (AvgIpc) is 2.61. The summed E-state index contributed by atoms with van der Waals surface area (Å²) in [6.45, 7) is 5.75. The molecule has 0 saturated carbocycles. The molecule has 1 unspecified atom stereocenters. The fourth-order valence-corrected chi connectivity index (χ4v) is 1.57. The van der Waals surface area contributed by atoms with Crippen molar-refractivity contribution in [2.24, 2.45) is 11.7 Å². The second kappa shape index (κ2) is 6.04. The Labute approximate surface area is 106 Å². The second-order valence-corrected chi connectivity index (χ2v) is 4.62. The topological polar surface area (TPSA) is 113 Å². The normalized spacial score (nSPS) is 12.2. The lowest BCUT2D eigenvalue weighted by Gasteiger charge is -2.18. The van der Waals surface area contributed by atoms with Crippen LogP contribution in [0, 0.1) is 12.8 Å². The van der Waals surface area contributed by atoms with Crippen molar-refractivity contribution >= 4 is 17.8 Å². The van der Waals surface area contributed by atoms with E-state index in [-0.39, 0.29) is 11.8 Å². The molecule has 0 aliphatic heterocycles. The number of nitrogens with two attached hydrogens (primary N) is 1. The van der Waals surface area contributed by atoms with Crippen molar-refractivity contribution in [2.45, 2.75) is 33.2 Å². The largest absolute Gasteiger partial charge is 0.352 e. The summed E-state index contributed by atoms with van der Waals surface area (Å²) in [6.07, 6.45) is 0.512. The van der Waals surface area contributed by atoms with Crippen molar-refractivity contribution in [3.8, 4) is 0 Å². The molecule has 0 aliphatic rings. The fourth-order valence-electron chi connectivity index (χ4n) is 1.57. The number of aromatic nitrogens is 2. The van der Waals surface area contributed by atoms with E-state index in [0.717, 1.165) is 5.69 Å². The number of aromatic amines is 1. The highest BCUT2D eigenvalue weighted by Gasteiger charge is 2.21. The van der Waals surface area contributed by atoms with Gasteiger partial charge in [-0.2, -0.15) is 5.10 Å². The van der Waals surface area contributed by atoms with Gasteiger partial charge in [-0.15, -0.1) is 0 Å². The molecular weight excluding hydrogens is 234 g/mol. The molecule has 3 amide bonds. The highest BCUT2D eigenvalue weighted by Crippen LogP contribution is 2.09. The van der Waals surface area contributed by atoms with E-state index in [9.17, 15) is 9.59 Å². The van der Waals surface area contributed by atoms with Crippen LogP contribution in [0.15, 0.2) is 6.07 Å². The van der Waals surface area contributed by atoms with Gasteiger partial charge in [0, 0.05) is 11.8 Å². The van der Waals surface area contributed by atoms with Crippen LogP contribution in [0.1, 0.15) is 26.0 Å². The highest BCUT2D eigenvalue weighted by molar-refractivity contribution is 5.96. The summed E-state index contributed by atoms with van der Waals surface area (Å²) in [6, 6.07) is 0.336. The van der Waals surface area contributed by atoms with Crippen LogP contribution in [-0.2, 0) is 4.79 Å². The molecule has 0 aromatic carbocycles. The number of nitrogens with one attached hydrogen (secondary N) is 3. The number of carbonyl (C=O) groups is 2. The molecular formula is C11H19N5O2. The first-order chi connectivity index (χ1) is 8.38. The second-order valence-electron chi connectivity index (χ2n) is 4.62. The zero-order valence-electron chi connectivity index (χ0n) is 10.8. The number of carbonyl (C=O) groups excluding carboxylic acids is 2. The summed E-state index contributed by atoms with van der Waals surface area (Å²) in [5, 5.41) is 11.7. The zero-order valence-corrected chi connectivity index (χ0v) is 10.8. The van der Waals surface area contributed by atoms with Gasteiger partial charge in [0.05, 0.1) is 0 Å². The summed E-state index contributed by atoms with van der Waals surface area (Å²) < 4.78 is 0. The summed E-state index contributed by atoms with van der Waals surface area (Å²) in [5.41, 5.74) is 5.89. The van der Waals surface area contributed by atoms with Gasteiger partial charge in [-0.1, -0.05) is 13.8 Å². The fraction of sp³-hybridized carbons (Fsp3) is 0.545. The van der Waals surface area contributed by atoms with Gasteiger partial charge in [0.25, 0.3) is 0 Å². The third-order valence-corrected chi connectivity index (χ3v) is 2.30. The maximum absolute atomic E-state index is 12.0. The molecule has 1 aromatic rings. The van der Waals surface area contributed by atoms with E-state index in [4.69, 9.17) is 5.73 Å². The van der Waals surface area contributed by atoms with Crippen molar-refractivity contribution in [2.75, 3.05) is 5.32 Å². The van der Waals surface area contributed by atoms with Crippen LogP contribution < -0.4 is 16.4 Å². The van der Waals surface area contributed by atoms with Gasteiger partial charge in [0.15, 0.2) is 5.82 Å². The summed E-state index contributed by atoms with van der Waals surface area (Å²) >= 11 is 0. The minimum absolute atomic E-state index is 0.258. The Balaban J connectivity index is 2.66. The molecule has 7 heteroatoms. The van der Waals surface area contributed by atoms with Gasteiger partial charge in [-0.25, -0.2) is 4.79 Å². The minimum Gasteiger partial charge on any atom is -0.352 e. The van der Waals surface area contributed by atoms with Gasteiger partial charge in [0.2, 0.25) is 5.91 Å². The molecule has 18 heavy (non-hydrogen) atoms. The lowest BCUT2D eigenvalue weighted by molar-refractivity contribution is -0.118. The number of rotatable bonds is 5. The molecule has 1 rings (SSSR count). The van der Waals surface area contributed by atoms with Crippen molar-refractivity contribution in [3.63, 3.8) is 0 Å². The van der Waals surface area contributed by atoms with E-state index in [0.29, 0.717) is 12.2 Å². The monoisotopic (exact) mass is 253 g/mol. The van der Waals surface area contributed by atoms with Crippen molar-refractivity contribution in [1.82, 2.24) is 15.5 Å². The highest BCUT2D eigenvalue weighted by atomic mass is 16.2. The molecule has 1 aromatic heterocycles. The molecule has 5 N–H and O–H groups in total. The Morgan fingerprint density at radius 2 is 2.17 bits per heavy atom. The van der Waals surface area contributed by atoms with E-state index in [2.05, 4.69) is 20.8 Å². The van der Waals surface area contributed by atoms with Gasteiger partial charge in [-0.05, 0) is 19.3 Å². The molecule has 0 aliphatic carbocycles. The van der Waals surface area contributed by atoms with E-state index < -0.39 is 12.1 Å². The molecule has 0 spiro atoms. The van der Waals surface area contributed by atoms with Crippen LogP contribution in [0.25, 0.3) is 0 Å². The Morgan fingerprint density at radius 1 is 1.50 bits per heavy atom. The Hall–Kier alpha value is -2.05. The number of amides is 3. The molecule has 1 atom stereocenters. The molecule has 100 valence electrons. The summed E-state index contributed by atoms with van der Waals surface area (Å²) in [4.78, 5) is 22.8. The van der Waals surface area contributed by atoms with E-state index in [1.807, 2.05) is 20.8 Å². The molecule has 0 fully saturated rings. The first kappa shape index (κ1) is 14.0. The first-order valence-corrected chi connectivity index (χ1v) is 5.77. The smallest absolute Gasteiger partial charge is 0.312 e. The lowest BCUT2D eigenvalue weighted by atomic mass is 10.0. The maximum Gasteiger partial charge on any atom is 0.312 e. The molecule has 0 radical (unpaired) electrons. The number of hydrogen-bond donors (Lipinski definition) is 4. The quantitative estimate of drug-likeness (QED) is 0.620. The maximum atomic E-state index is 12.0. The predicted octanol–water partition coefficient (Wildman–Crippen LogP) is 0.740. The number of primary amides is 1. The predicted molar refractivity (Wildman–Crippen MR) is 67.9 cm³/mol. The Morgan fingerprint density at radius 3 is 2.61 bits per heavy atom. The van der Waals surface area contributed by atoms with Crippen LogP contribution >= 0.6 is 0 Å². The summed E-state index contributed by atoms with van der Waals surface area (Å²) in [7, 11) is 0.